The second kappa shape index (κ2) is 8.98. The zero-order valence-electron chi connectivity index (χ0n) is 14.6. The molecule has 0 unspecified atom stereocenters. The SMILES string of the molecule is Nc1nc(SCC[NH+]2CCOCC2)[nH]c(=O)c1NC(=O)c1ccccc1F. The maximum absolute atomic E-state index is 13.7. The van der Waals surface area contributed by atoms with Gasteiger partial charge in [-0.2, -0.15) is 0 Å². The number of morpholine rings is 1. The molecule has 1 aliphatic heterocycles. The number of nitrogens with two attached hydrogens (primary N) is 1. The van der Waals surface area contributed by atoms with E-state index in [2.05, 4.69) is 15.3 Å². The Hall–Kier alpha value is -2.43. The minimum Gasteiger partial charge on any atom is -0.382 e. The van der Waals surface area contributed by atoms with E-state index in [1.165, 1.54) is 34.9 Å². The van der Waals surface area contributed by atoms with Crippen molar-refractivity contribution in [3.8, 4) is 0 Å². The molecule has 0 atom stereocenters. The summed E-state index contributed by atoms with van der Waals surface area (Å²) < 4.78 is 19.0. The lowest BCUT2D eigenvalue weighted by Crippen LogP contribution is -3.14. The molecule has 0 spiro atoms. The van der Waals surface area contributed by atoms with Gasteiger partial charge < -0.3 is 20.7 Å². The van der Waals surface area contributed by atoms with Crippen molar-refractivity contribution >= 4 is 29.2 Å². The summed E-state index contributed by atoms with van der Waals surface area (Å²) in [6.07, 6.45) is 0. The number of hydrogen-bond donors (Lipinski definition) is 4. The molecule has 1 aromatic heterocycles. The lowest BCUT2D eigenvalue weighted by atomic mass is 10.2. The molecule has 0 saturated carbocycles. The molecule has 27 heavy (non-hydrogen) atoms. The van der Waals surface area contributed by atoms with Gasteiger partial charge in [0.2, 0.25) is 0 Å². The number of rotatable bonds is 6. The molecule has 0 radical (unpaired) electrons. The second-order valence-corrected chi connectivity index (χ2v) is 7.11. The topological polar surface area (TPSA) is 115 Å². The summed E-state index contributed by atoms with van der Waals surface area (Å²) in [5.74, 6) is -0.789. The molecule has 1 amide bonds. The number of nitrogen functional groups attached to an aromatic ring is 1. The monoisotopic (exact) mass is 394 g/mol. The maximum Gasteiger partial charge on any atom is 0.277 e. The average molecular weight is 394 g/mol. The van der Waals surface area contributed by atoms with Gasteiger partial charge in [-0.3, -0.25) is 14.6 Å². The van der Waals surface area contributed by atoms with E-state index < -0.39 is 17.3 Å². The summed E-state index contributed by atoms with van der Waals surface area (Å²) in [6.45, 7) is 4.38. The summed E-state index contributed by atoms with van der Waals surface area (Å²) in [5.41, 5.74) is 4.88. The van der Waals surface area contributed by atoms with Crippen molar-refractivity contribution in [2.24, 2.45) is 0 Å². The van der Waals surface area contributed by atoms with Crippen molar-refractivity contribution < 1.29 is 18.8 Å². The summed E-state index contributed by atoms with van der Waals surface area (Å²) in [6, 6.07) is 5.48. The first kappa shape index (κ1) is 19.3. The number of carbonyl (C=O) groups excluding carboxylic acids is 1. The van der Waals surface area contributed by atoms with E-state index in [1.807, 2.05) is 0 Å². The van der Waals surface area contributed by atoms with E-state index in [1.54, 1.807) is 0 Å². The van der Waals surface area contributed by atoms with Crippen molar-refractivity contribution in [2.75, 3.05) is 49.7 Å². The van der Waals surface area contributed by atoms with Crippen LogP contribution < -0.4 is 21.5 Å². The number of halogens is 1. The summed E-state index contributed by atoms with van der Waals surface area (Å²) in [5, 5.41) is 2.72. The van der Waals surface area contributed by atoms with Crippen molar-refractivity contribution in [1.29, 1.82) is 0 Å². The van der Waals surface area contributed by atoms with Crippen LogP contribution in [0, 0.1) is 5.82 Å². The smallest absolute Gasteiger partial charge is 0.277 e. The van der Waals surface area contributed by atoms with Crippen LogP contribution in [0.5, 0.6) is 0 Å². The van der Waals surface area contributed by atoms with Crippen LogP contribution in [0.15, 0.2) is 34.2 Å². The molecule has 1 aromatic carbocycles. The number of benzene rings is 1. The number of quaternary nitrogens is 1. The fraction of sp³-hybridized carbons (Fsp3) is 0.353. The Morgan fingerprint density at radius 3 is 2.81 bits per heavy atom. The van der Waals surface area contributed by atoms with Gasteiger partial charge in [0.05, 0.1) is 31.1 Å². The molecule has 3 rings (SSSR count). The van der Waals surface area contributed by atoms with Gasteiger partial charge in [0.25, 0.3) is 11.5 Å². The van der Waals surface area contributed by atoms with Crippen LogP contribution in [-0.2, 0) is 4.74 Å². The zero-order valence-corrected chi connectivity index (χ0v) is 15.4. The molecule has 10 heteroatoms. The van der Waals surface area contributed by atoms with Gasteiger partial charge in [0, 0.05) is 0 Å². The Morgan fingerprint density at radius 2 is 2.11 bits per heavy atom. The standard InChI is InChI=1S/C17H20FN5O3S/c18-12-4-2-1-3-11(12)15(24)20-13-14(19)21-17(22-16(13)25)27-10-7-23-5-8-26-9-6-23/h1-4H,5-10H2,(H,20,24)(H3,19,21,22,25)/p+1. The number of H-pyrrole nitrogens is 1. The van der Waals surface area contributed by atoms with Gasteiger partial charge in [0.1, 0.15) is 24.6 Å². The van der Waals surface area contributed by atoms with Crippen LogP contribution in [0.25, 0.3) is 0 Å². The van der Waals surface area contributed by atoms with Crippen LogP contribution in [0.4, 0.5) is 15.9 Å². The fourth-order valence-corrected chi connectivity index (χ4v) is 3.60. The van der Waals surface area contributed by atoms with Crippen LogP contribution in [0.2, 0.25) is 0 Å². The van der Waals surface area contributed by atoms with E-state index in [0.717, 1.165) is 44.7 Å². The van der Waals surface area contributed by atoms with Crippen molar-refractivity contribution in [1.82, 2.24) is 9.97 Å². The number of amides is 1. The molecule has 1 fully saturated rings. The molecule has 8 nitrogen and oxygen atoms in total. The third kappa shape index (κ3) is 5.06. The number of aromatic nitrogens is 2. The largest absolute Gasteiger partial charge is 0.382 e. The van der Waals surface area contributed by atoms with Gasteiger partial charge in [-0.05, 0) is 12.1 Å². The number of nitrogens with one attached hydrogen (secondary N) is 3. The molecular formula is C17H21FN5O3S+. The minimum atomic E-state index is -0.761. The molecule has 1 aliphatic rings. The van der Waals surface area contributed by atoms with E-state index >= 15 is 0 Å². The highest BCUT2D eigenvalue weighted by atomic mass is 32.2. The van der Waals surface area contributed by atoms with Crippen LogP contribution in [-0.4, -0.2) is 54.5 Å². The van der Waals surface area contributed by atoms with Crippen LogP contribution in [0.1, 0.15) is 10.4 Å². The zero-order chi connectivity index (χ0) is 19.2. The third-order valence-electron chi connectivity index (χ3n) is 4.18. The van der Waals surface area contributed by atoms with Gasteiger partial charge in [-0.15, -0.1) is 0 Å². The lowest BCUT2D eigenvalue weighted by molar-refractivity contribution is -0.905. The average Bonchev–Trinajstić information content (AvgIpc) is 2.66. The predicted octanol–water partition coefficient (Wildman–Crippen LogP) is -0.249. The molecular weight excluding hydrogens is 373 g/mol. The Kier molecular flexibility index (Phi) is 6.43. The van der Waals surface area contributed by atoms with Crippen molar-refractivity contribution in [3.05, 3.63) is 46.0 Å². The first-order chi connectivity index (χ1) is 13.0. The Balaban J connectivity index is 1.63. The van der Waals surface area contributed by atoms with Crippen molar-refractivity contribution in [3.63, 3.8) is 0 Å². The first-order valence-corrected chi connectivity index (χ1v) is 9.53. The Labute approximate surface area is 159 Å². The molecule has 5 N–H and O–H groups in total. The van der Waals surface area contributed by atoms with E-state index in [4.69, 9.17) is 10.5 Å². The fourth-order valence-electron chi connectivity index (χ4n) is 2.69. The Morgan fingerprint density at radius 1 is 1.37 bits per heavy atom. The molecule has 2 aromatic rings. The summed E-state index contributed by atoms with van der Waals surface area (Å²) in [4.78, 5) is 32.6. The van der Waals surface area contributed by atoms with Gasteiger partial charge in [0.15, 0.2) is 11.0 Å². The normalized spacial score (nSPS) is 14.9. The number of ether oxygens (including phenoxy) is 1. The first-order valence-electron chi connectivity index (χ1n) is 8.54. The highest BCUT2D eigenvalue weighted by molar-refractivity contribution is 7.99. The summed E-state index contributed by atoms with van der Waals surface area (Å²) >= 11 is 1.39. The highest BCUT2D eigenvalue weighted by Crippen LogP contribution is 2.17. The molecule has 144 valence electrons. The predicted molar refractivity (Wildman–Crippen MR) is 101 cm³/mol. The summed E-state index contributed by atoms with van der Waals surface area (Å²) in [7, 11) is 0. The van der Waals surface area contributed by atoms with Crippen LogP contribution in [0.3, 0.4) is 0 Å². The number of thioether (sulfide) groups is 1. The van der Waals surface area contributed by atoms with E-state index in [9.17, 15) is 14.0 Å². The quantitative estimate of drug-likeness (QED) is 0.397. The van der Waals surface area contributed by atoms with Gasteiger partial charge in [-0.25, -0.2) is 9.37 Å². The molecule has 0 aliphatic carbocycles. The molecule has 2 heterocycles. The van der Waals surface area contributed by atoms with Gasteiger partial charge >= 0.3 is 0 Å². The Bertz CT molecular complexity index is 870. The number of carbonyl (C=O) groups is 1. The second-order valence-electron chi connectivity index (χ2n) is 6.03. The van der Waals surface area contributed by atoms with Crippen molar-refractivity contribution in [2.45, 2.75) is 5.16 Å². The molecule has 1 saturated heterocycles. The third-order valence-corrected chi connectivity index (χ3v) is 5.05. The van der Waals surface area contributed by atoms with E-state index in [0.29, 0.717) is 5.16 Å². The number of nitrogens with zero attached hydrogens (tertiary/aromatic N) is 1. The highest BCUT2D eigenvalue weighted by Gasteiger charge is 2.17. The maximum atomic E-state index is 13.7. The minimum absolute atomic E-state index is 0.107. The number of aromatic amines is 1. The molecule has 0 bridgehead atoms. The van der Waals surface area contributed by atoms with Crippen LogP contribution >= 0.6 is 11.8 Å². The number of anilines is 2. The number of hydrogen-bond acceptors (Lipinski definition) is 6. The lowest BCUT2D eigenvalue weighted by Gasteiger charge is -2.23. The van der Waals surface area contributed by atoms with Gasteiger partial charge in [-0.1, -0.05) is 23.9 Å². The van der Waals surface area contributed by atoms with E-state index in [-0.39, 0.29) is 17.1 Å².